The third-order valence-electron chi connectivity index (χ3n) is 4.35. The molecule has 1 aromatic carbocycles. The van der Waals surface area contributed by atoms with Gasteiger partial charge in [0.25, 0.3) is 0 Å². The topological polar surface area (TPSA) is 89.8 Å². The van der Waals surface area contributed by atoms with E-state index in [9.17, 15) is 15.0 Å². The van der Waals surface area contributed by atoms with Gasteiger partial charge in [-0.2, -0.15) is 0 Å². The molecule has 4 N–H and O–H groups in total. The van der Waals surface area contributed by atoms with E-state index >= 15 is 0 Å². The summed E-state index contributed by atoms with van der Waals surface area (Å²) >= 11 is 0. The minimum Gasteiger partial charge on any atom is -0.504 e. The highest BCUT2D eigenvalue weighted by atomic mass is 16.4. The van der Waals surface area contributed by atoms with Crippen molar-refractivity contribution in [3.8, 4) is 11.5 Å². The van der Waals surface area contributed by atoms with Crippen LogP contribution in [0.3, 0.4) is 0 Å². The number of phenolic OH excluding ortho intramolecular Hbond substituents is 2. The Morgan fingerprint density at radius 3 is 2.59 bits per heavy atom. The number of fused-ring (bicyclic) bond motifs is 1. The molecule has 0 fully saturated rings. The maximum Gasteiger partial charge on any atom is 0.303 e. The lowest BCUT2D eigenvalue weighted by Gasteiger charge is -2.39. The summed E-state index contributed by atoms with van der Waals surface area (Å²) < 4.78 is 0. The maximum absolute atomic E-state index is 10.5. The van der Waals surface area contributed by atoms with Gasteiger partial charge >= 0.3 is 5.97 Å². The molecule has 0 aromatic heterocycles. The van der Waals surface area contributed by atoms with Crippen LogP contribution in [0.4, 0.5) is 0 Å². The van der Waals surface area contributed by atoms with Crippen LogP contribution in [0.1, 0.15) is 57.1 Å². The number of benzene rings is 1. The molecule has 1 aliphatic rings. The SMILES string of the molecule is CC1(C)N[C@@H](CCCCCC(=O)O)Cc2cc(O)c(O)cc21. The van der Waals surface area contributed by atoms with Crippen molar-refractivity contribution in [1.29, 1.82) is 0 Å². The number of hydrogen-bond donors (Lipinski definition) is 4. The number of hydrogen-bond acceptors (Lipinski definition) is 4. The molecule has 5 nitrogen and oxygen atoms in total. The van der Waals surface area contributed by atoms with Crippen molar-refractivity contribution in [1.82, 2.24) is 5.32 Å². The van der Waals surface area contributed by atoms with Crippen molar-refractivity contribution >= 4 is 5.97 Å². The molecule has 0 unspecified atom stereocenters. The summed E-state index contributed by atoms with van der Waals surface area (Å²) in [5.74, 6) is -0.890. The van der Waals surface area contributed by atoms with Crippen molar-refractivity contribution in [3.05, 3.63) is 23.3 Å². The largest absolute Gasteiger partial charge is 0.504 e. The Morgan fingerprint density at radius 1 is 1.23 bits per heavy atom. The zero-order chi connectivity index (χ0) is 16.3. The van der Waals surface area contributed by atoms with Gasteiger partial charge in [0.2, 0.25) is 0 Å². The van der Waals surface area contributed by atoms with Crippen molar-refractivity contribution in [2.75, 3.05) is 0 Å². The van der Waals surface area contributed by atoms with Gasteiger partial charge in [-0.15, -0.1) is 0 Å². The Morgan fingerprint density at radius 2 is 1.91 bits per heavy atom. The highest BCUT2D eigenvalue weighted by molar-refractivity contribution is 5.66. The first-order valence-electron chi connectivity index (χ1n) is 7.84. The van der Waals surface area contributed by atoms with Gasteiger partial charge in [-0.05, 0) is 56.4 Å². The number of phenols is 2. The van der Waals surface area contributed by atoms with Crippen molar-refractivity contribution in [3.63, 3.8) is 0 Å². The first-order chi connectivity index (χ1) is 10.3. The van der Waals surface area contributed by atoms with Gasteiger partial charge in [0.15, 0.2) is 11.5 Å². The van der Waals surface area contributed by atoms with Crippen molar-refractivity contribution < 1.29 is 20.1 Å². The summed E-state index contributed by atoms with van der Waals surface area (Å²) in [4.78, 5) is 10.5. The number of aromatic hydroxyl groups is 2. The fraction of sp³-hybridized carbons (Fsp3) is 0.588. The van der Waals surface area contributed by atoms with Gasteiger partial charge in [0.1, 0.15) is 0 Å². The van der Waals surface area contributed by atoms with Crippen LogP contribution in [-0.4, -0.2) is 27.3 Å². The summed E-state index contributed by atoms with van der Waals surface area (Å²) in [7, 11) is 0. The molecule has 2 rings (SSSR count). The Kier molecular flexibility index (Phi) is 4.96. The van der Waals surface area contributed by atoms with E-state index in [1.54, 1.807) is 12.1 Å². The molecular formula is C17H25NO4. The third kappa shape index (κ3) is 3.91. The van der Waals surface area contributed by atoms with E-state index in [0.29, 0.717) is 6.04 Å². The lowest BCUT2D eigenvalue weighted by atomic mass is 9.81. The van der Waals surface area contributed by atoms with E-state index in [-0.39, 0.29) is 23.5 Å². The number of aliphatic carboxylic acids is 1. The Bertz CT molecular complexity index is 554. The minimum absolute atomic E-state index is 0.0725. The fourth-order valence-corrected chi connectivity index (χ4v) is 3.29. The van der Waals surface area contributed by atoms with Crippen molar-refractivity contribution in [2.45, 2.75) is 64.0 Å². The molecule has 1 aromatic rings. The number of carboxylic acids is 1. The van der Waals surface area contributed by atoms with Crippen LogP contribution >= 0.6 is 0 Å². The molecule has 122 valence electrons. The van der Waals surface area contributed by atoms with Crippen molar-refractivity contribution in [2.24, 2.45) is 0 Å². The lowest BCUT2D eigenvalue weighted by molar-refractivity contribution is -0.137. The average molecular weight is 307 g/mol. The molecule has 5 heteroatoms. The molecule has 0 saturated carbocycles. The number of nitrogens with one attached hydrogen (secondary N) is 1. The predicted octanol–water partition coefficient (Wildman–Crippen LogP) is 2.88. The van der Waals surface area contributed by atoms with Gasteiger partial charge < -0.3 is 20.6 Å². The smallest absolute Gasteiger partial charge is 0.303 e. The first kappa shape index (κ1) is 16.6. The van der Waals surface area contributed by atoms with E-state index in [4.69, 9.17) is 5.11 Å². The molecule has 1 heterocycles. The molecule has 0 bridgehead atoms. The molecule has 0 spiro atoms. The van der Waals surface area contributed by atoms with Crippen LogP contribution in [-0.2, 0) is 16.8 Å². The highest BCUT2D eigenvalue weighted by Gasteiger charge is 2.32. The van der Waals surface area contributed by atoms with Crippen LogP contribution in [0.25, 0.3) is 0 Å². The first-order valence-corrected chi connectivity index (χ1v) is 7.84. The fourth-order valence-electron chi connectivity index (χ4n) is 3.29. The van der Waals surface area contributed by atoms with E-state index in [0.717, 1.165) is 43.2 Å². The summed E-state index contributed by atoms with van der Waals surface area (Å²) in [6, 6.07) is 3.60. The number of rotatable bonds is 6. The van der Waals surface area contributed by atoms with Crippen LogP contribution < -0.4 is 5.32 Å². The summed E-state index contributed by atoms with van der Waals surface area (Å²) in [5.41, 5.74) is 1.82. The van der Waals surface area contributed by atoms with Gasteiger partial charge in [-0.25, -0.2) is 0 Å². The normalized spacial score (nSPS) is 19.6. The van der Waals surface area contributed by atoms with Crippen LogP contribution in [0.2, 0.25) is 0 Å². The lowest BCUT2D eigenvalue weighted by Crippen LogP contribution is -2.49. The predicted molar refractivity (Wildman–Crippen MR) is 84.1 cm³/mol. The third-order valence-corrected chi connectivity index (χ3v) is 4.35. The second-order valence-electron chi connectivity index (χ2n) is 6.66. The Labute approximate surface area is 131 Å². The summed E-state index contributed by atoms with van der Waals surface area (Å²) in [6.07, 6.45) is 4.64. The monoisotopic (exact) mass is 307 g/mol. The molecule has 1 aliphatic heterocycles. The molecule has 0 saturated heterocycles. The van der Waals surface area contributed by atoms with Crippen LogP contribution in [0.15, 0.2) is 12.1 Å². The minimum atomic E-state index is -0.735. The Hall–Kier alpha value is -1.75. The molecular weight excluding hydrogens is 282 g/mol. The number of carboxylic acid groups (broad SMARTS) is 1. The van der Waals surface area contributed by atoms with Crippen LogP contribution in [0.5, 0.6) is 11.5 Å². The summed E-state index contributed by atoms with van der Waals surface area (Å²) in [5, 5.41) is 31.6. The number of carbonyl (C=O) groups is 1. The van der Waals surface area contributed by atoms with E-state index in [1.807, 2.05) is 0 Å². The summed E-state index contributed by atoms with van der Waals surface area (Å²) in [6.45, 7) is 4.14. The second-order valence-corrected chi connectivity index (χ2v) is 6.66. The molecule has 1 atom stereocenters. The highest BCUT2D eigenvalue weighted by Crippen LogP contribution is 2.38. The van der Waals surface area contributed by atoms with Gasteiger partial charge in [0.05, 0.1) is 0 Å². The van der Waals surface area contributed by atoms with Gasteiger partial charge in [-0.1, -0.05) is 12.8 Å². The molecule has 0 amide bonds. The van der Waals surface area contributed by atoms with E-state index in [1.165, 1.54) is 0 Å². The van der Waals surface area contributed by atoms with E-state index in [2.05, 4.69) is 19.2 Å². The zero-order valence-corrected chi connectivity index (χ0v) is 13.2. The Balaban J connectivity index is 1.97. The second kappa shape index (κ2) is 6.57. The molecule has 0 radical (unpaired) electrons. The molecule has 22 heavy (non-hydrogen) atoms. The maximum atomic E-state index is 10.5. The van der Waals surface area contributed by atoms with Crippen LogP contribution in [0, 0.1) is 0 Å². The number of unbranched alkanes of at least 4 members (excludes halogenated alkanes) is 2. The van der Waals surface area contributed by atoms with Gasteiger partial charge in [-0.3, -0.25) is 4.79 Å². The zero-order valence-electron chi connectivity index (χ0n) is 13.2. The van der Waals surface area contributed by atoms with E-state index < -0.39 is 5.97 Å². The standard InChI is InChI=1S/C17H25NO4/c1-17(2)13-10-15(20)14(19)9-11(13)8-12(18-17)6-4-3-5-7-16(21)22/h9-10,12,18-20H,3-8H2,1-2H3,(H,21,22)/t12-/m0/s1. The quantitative estimate of drug-likeness (QED) is 0.479. The molecule has 0 aliphatic carbocycles. The van der Waals surface area contributed by atoms with Gasteiger partial charge in [0, 0.05) is 18.0 Å². The average Bonchev–Trinajstić information content (AvgIpc) is 2.40.